The molecule has 0 bridgehead atoms. The molecule has 8 nitrogen and oxygen atoms in total. The third kappa shape index (κ3) is 4.13. The molecule has 0 radical (unpaired) electrons. The zero-order valence-corrected chi connectivity index (χ0v) is 16.8. The predicted octanol–water partition coefficient (Wildman–Crippen LogP) is 3.34. The molecule has 3 rings (SSSR count). The summed E-state index contributed by atoms with van der Waals surface area (Å²) in [6.45, 7) is 3.26. The number of hydrogen-bond donors (Lipinski definition) is 4. The van der Waals surface area contributed by atoms with Gasteiger partial charge in [-0.2, -0.15) is 10.1 Å². The van der Waals surface area contributed by atoms with E-state index in [4.69, 9.17) is 23.2 Å². The number of rotatable bonds is 4. The first-order valence-electron chi connectivity index (χ1n) is 8.33. The molecule has 0 spiro atoms. The number of anilines is 1. The number of hydrazine groups is 1. The van der Waals surface area contributed by atoms with Crippen LogP contribution in [0.2, 0.25) is 10.0 Å². The second-order valence-electron chi connectivity index (χ2n) is 6.18. The highest BCUT2D eigenvalue weighted by Gasteiger charge is 2.31. The smallest absolute Gasteiger partial charge is 0.282 e. The van der Waals surface area contributed by atoms with Crippen molar-refractivity contribution in [1.82, 2.24) is 10.9 Å². The second-order valence-corrected chi connectivity index (χ2v) is 7.00. The van der Waals surface area contributed by atoms with Gasteiger partial charge in [0.15, 0.2) is 0 Å². The van der Waals surface area contributed by atoms with E-state index in [-0.39, 0.29) is 27.7 Å². The molecule has 29 heavy (non-hydrogen) atoms. The molecule has 4 N–H and O–H groups in total. The number of amides is 2. The SMILES string of the molecule is CC1=NN(c2ccc(Cl)c(Cl)c2)C(=O)/C1=C(/C)NNC(=O)c1ccc(O)cc1O. The number of allylic oxidation sites excluding steroid dienone is 1. The zero-order valence-electron chi connectivity index (χ0n) is 15.3. The first kappa shape index (κ1) is 20.5. The summed E-state index contributed by atoms with van der Waals surface area (Å²) in [4.78, 5) is 25.0. The Labute approximate surface area is 176 Å². The van der Waals surface area contributed by atoms with Gasteiger partial charge < -0.3 is 15.6 Å². The van der Waals surface area contributed by atoms with Gasteiger partial charge in [-0.3, -0.25) is 15.0 Å². The van der Waals surface area contributed by atoms with E-state index < -0.39 is 11.8 Å². The quantitative estimate of drug-likeness (QED) is 0.435. The van der Waals surface area contributed by atoms with Gasteiger partial charge in [-0.1, -0.05) is 23.2 Å². The van der Waals surface area contributed by atoms with Crippen molar-refractivity contribution in [1.29, 1.82) is 0 Å². The van der Waals surface area contributed by atoms with Crippen molar-refractivity contribution in [3.05, 3.63) is 63.3 Å². The first-order valence-corrected chi connectivity index (χ1v) is 9.09. The minimum absolute atomic E-state index is 0.0475. The average molecular weight is 435 g/mol. The number of aromatic hydroxyl groups is 2. The van der Waals surface area contributed by atoms with E-state index in [1.54, 1.807) is 26.0 Å². The van der Waals surface area contributed by atoms with Crippen molar-refractivity contribution in [3.8, 4) is 11.5 Å². The highest BCUT2D eigenvalue weighted by atomic mass is 35.5. The Morgan fingerprint density at radius 2 is 1.79 bits per heavy atom. The van der Waals surface area contributed by atoms with Crippen molar-refractivity contribution in [2.45, 2.75) is 13.8 Å². The molecular formula is C19H16Cl2N4O4. The molecule has 0 saturated carbocycles. The Kier molecular flexibility index (Phi) is 5.67. The standard InChI is InChI=1S/C19H16Cl2N4O4/c1-9(22-23-18(28)13-5-4-12(26)8-16(13)27)17-10(2)24-25(19(17)29)11-3-6-14(20)15(21)7-11/h3-8,22,26-27H,1-2H3,(H,23,28)/b17-9-. The van der Waals surface area contributed by atoms with E-state index in [0.29, 0.717) is 22.1 Å². The Morgan fingerprint density at radius 1 is 1.07 bits per heavy atom. The molecule has 2 amide bonds. The number of benzene rings is 2. The van der Waals surface area contributed by atoms with Crippen LogP contribution in [-0.2, 0) is 4.79 Å². The molecular weight excluding hydrogens is 419 g/mol. The van der Waals surface area contributed by atoms with Crippen LogP contribution in [0.4, 0.5) is 5.69 Å². The van der Waals surface area contributed by atoms with E-state index in [1.165, 1.54) is 23.2 Å². The number of hydrazone groups is 1. The lowest BCUT2D eigenvalue weighted by molar-refractivity contribution is -0.114. The molecule has 150 valence electrons. The van der Waals surface area contributed by atoms with Gasteiger partial charge in [0.1, 0.15) is 11.5 Å². The van der Waals surface area contributed by atoms with Gasteiger partial charge in [0.2, 0.25) is 0 Å². The lowest BCUT2D eigenvalue weighted by Crippen LogP contribution is -2.37. The lowest BCUT2D eigenvalue weighted by Gasteiger charge is -2.14. The summed E-state index contributed by atoms with van der Waals surface area (Å²) in [7, 11) is 0. The summed E-state index contributed by atoms with van der Waals surface area (Å²) in [5, 5.41) is 25.1. The van der Waals surface area contributed by atoms with Gasteiger partial charge in [-0.15, -0.1) is 0 Å². The molecule has 0 atom stereocenters. The van der Waals surface area contributed by atoms with Crippen LogP contribution >= 0.6 is 23.2 Å². The van der Waals surface area contributed by atoms with Gasteiger partial charge >= 0.3 is 0 Å². The number of hydrogen-bond acceptors (Lipinski definition) is 6. The fraction of sp³-hybridized carbons (Fsp3) is 0.105. The molecule has 0 saturated heterocycles. The minimum Gasteiger partial charge on any atom is -0.508 e. The molecule has 0 fully saturated rings. The fourth-order valence-electron chi connectivity index (χ4n) is 2.72. The van der Waals surface area contributed by atoms with E-state index in [0.717, 1.165) is 6.07 Å². The van der Waals surface area contributed by atoms with Gasteiger partial charge in [-0.05, 0) is 44.2 Å². The van der Waals surface area contributed by atoms with Crippen LogP contribution in [0.25, 0.3) is 0 Å². The molecule has 1 aliphatic heterocycles. The van der Waals surface area contributed by atoms with Crippen LogP contribution in [-0.4, -0.2) is 27.7 Å². The molecule has 0 unspecified atom stereocenters. The number of nitrogens with zero attached hydrogens (tertiary/aromatic N) is 2. The average Bonchev–Trinajstić information content (AvgIpc) is 2.96. The molecule has 0 aliphatic carbocycles. The number of carbonyl (C=O) groups is 2. The molecule has 1 heterocycles. The van der Waals surface area contributed by atoms with E-state index in [2.05, 4.69) is 16.0 Å². The predicted molar refractivity (Wildman–Crippen MR) is 110 cm³/mol. The maximum atomic E-state index is 12.8. The molecule has 1 aliphatic rings. The van der Waals surface area contributed by atoms with Crippen LogP contribution in [0.5, 0.6) is 11.5 Å². The van der Waals surface area contributed by atoms with Crippen molar-refractivity contribution in [2.75, 3.05) is 5.01 Å². The fourth-order valence-corrected chi connectivity index (χ4v) is 3.01. The Balaban J connectivity index is 1.78. The van der Waals surface area contributed by atoms with Crippen LogP contribution in [0.1, 0.15) is 24.2 Å². The topological polar surface area (TPSA) is 114 Å². The monoisotopic (exact) mass is 434 g/mol. The van der Waals surface area contributed by atoms with E-state index >= 15 is 0 Å². The maximum Gasteiger partial charge on any atom is 0.282 e. The van der Waals surface area contributed by atoms with Crippen LogP contribution in [0, 0.1) is 0 Å². The van der Waals surface area contributed by atoms with Gasteiger partial charge in [0.25, 0.3) is 11.8 Å². The summed E-state index contributed by atoms with van der Waals surface area (Å²) >= 11 is 11.9. The number of halogens is 2. The summed E-state index contributed by atoms with van der Waals surface area (Å²) in [6.07, 6.45) is 0. The third-order valence-electron chi connectivity index (χ3n) is 4.13. The normalized spacial score (nSPS) is 15.2. The number of carbonyl (C=O) groups excluding carboxylic acids is 2. The molecule has 2 aromatic carbocycles. The highest BCUT2D eigenvalue weighted by molar-refractivity contribution is 6.42. The van der Waals surface area contributed by atoms with Crippen LogP contribution in [0.3, 0.4) is 0 Å². The Morgan fingerprint density at radius 3 is 2.45 bits per heavy atom. The summed E-state index contributed by atoms with van der Waals surface area (Å²) in [5.41, 5.74) is 6.51. The number of phenolic OH excluding ortho intramolecular Hbond substituents is 2. The second kappa shape index (κ2) is 8.02. The largest absolute Gasteiger partial charge is 0.508 e. The van der Waals surface area contributed by atoms with Crippen LogP contribution in [0.15, 0.2) is 52.8 Å². The van der Waals surface area contributed by atoms with Crippen LogP contribution < -0.4 is 15.9 Å². The van der Waals surface area contributed by atoms with E-state index in [1.807, 2.05) is 0 Å². The third-order valence-corrected chi connectivity index (χ3v) is 4.87. The van der Waals surface area contributed by atoms with Gasteiger partial charge in [-0.25, -0.2) is 0 Å². The Hall–Kier alpha value is -3.23. The Bertz CT molecular complexity index is 1080. The van der Waals surface area contributed by atoms with E-state index in [9.17, 15) is 19.8 Å². The zero-order chi connectivity index (χ0) is 21.3. The van der Waals surface area contributed by atoms with Crippen molar-refractivity contribution in [2.24, 2.45) is 5.10 Å². The maximum absolute atomic E-state index is 12.8. The van der Waals surface area contributed by atoms with Crippen molar-refractivity contribution < 1.29 is 19.8 Å². The molecule has 0 aromatic heterocycles. The summed E-state index contributed by atoms with van der Waals surface area (Å²) in [5.74, 6) is -1.61. The van der Waals surface area contributed by atoms with Crippen molar-refractivity contribution >= 4 is 46.4 Å². The number of nitrogens with one attached hydrogen (secondary N) is 2. The molecule has 10 heteroatoms. The summed E-state index contributed by atoms with van der Waals surface area (Å²) < 4.78 is 0. The minimum atomic E-state index is -0.649. The number of phenols is 2. The lowest BCUT2D eigenvalue weighted by atomic mass is 10.1. The summed E-state index contributed by atoms with van der Waals surface area (Å²) in [6, 6.07) is 8.29. The van der Waals surface area contributed by atoms with Gasteiger partial charge in [0, 0.05) is 11.8 Å². The highest BCUT2D eigenvalue weighted by Crippen LogP contribution is 2.30. The van der Waals surface area contributed by atoms with Crippen molar-refractivity contribution in [3.63, 3.8) is 0 Å². The van der Waals surface area contributed by atoms with Gasteiger partial charge in [0.05, 0.1) is 32.6 Å². The molecule has 2 aromatic rings. The first-order chi connectivity index (χ1) is 13.7.